The fourth-order valence-electron chi connectivity index (χ4n) is 2.71. The maximum absolute atomic E-state index is 12.2. The standard InChI is InChI=1S/C24H22Cl2N2O4/c25-19-10-13-22(21(26)15-19)31-14-4-7-23(29)27-28-24(30)18-8-11-20(12-9-18)32-16-17-5-2-1-3-6-17/h1-3,5-6,8-13,15H,4,7,14,16H2,(H,27,29)(H,28,30). The zero-order valence-corrected chi connectivity index (χ0v) is 18.7. The summed E-state index contributed by atoms with van der Waals surface area (Å²) < 4.78 is 11.2. The van der Waals surface area contributed by atoms with Gasteiger partial charge < -0.3 is 9.47 Å². The Kier molecular flexibility index (Phi) is 8.78. The van der Waals surface area contributed by atoms with Crippen molar-refractivity contribution in [2.45, 2.75) is 19.4 Å². The molecule has 0 atom stereocenters. The summed E-state index contributed by atoms with van der Waals surface area (Å²) in [6, 6.07) is 21.4. The molecule has 0 aliphatic carbocycles. The van der Waals surface area contributed by atoms with Gasteiger partial charge in [-0.3, -0.25) is 20.4 Å². The lowest BCUT2D eigenvalue weighted by atomic mass is 10.2. The zero-order chi connectivity index (χ0) is 22.8. The van der Waals surface area contributed by atoms with Crippen molar-refractivity contribution in [3.8, 4) is 11.5 Å². The van der Waals surface area contributed by atoms with Crippen molar-refractivity contribution < 1.29 is 19.1 Å². The number of benzene rings is 3. The van der Waals surface area contributed by atoms with Crippen LogP contribution in [-0.4, -0.2) is 18.4 Å². The van der Waals surface area contributed by atoms with Gasteiger partial charge in [-0.1, -0.05) is 53.5 Å². The molecule has 0 aliphatic heterocycles. The van der Waals surface area contributed by atoms with Gasteiger partial charge in [-0.05, 0) is 54.4 Å². The van der Waals surface area contributed by atoms with E-state index in [1.54, 1.807) is 42.5 Å². The lowest BCUT2D eigenvalue weighted by molar-refractivity contribution is -0.122. The third-order valence-electron chi connectivity index (χ3n) is 4.38. The quantitative estimate of drug-likeness (QED) is 0.331. The second-order valence-electron chi connectivity index (χ2n) is 6.83. The Bertz CT molecular complexity index is 1040. The number of hydrogen-bond acceptors (Lipinski definition) is 4. The predicted molar refractivity (Wildman–Crippen MR) is 124 cm³/mol. The number of ether oxygens (including phenoxy) is 2. The van der Waals surface area contributed by atoms with E-state index in [-0.39, 0.29) is 12.3 Å². The topological polar surface area (TPSA) is 76.7 Å². The number of hydrazine groups is 1. The molecule has 0 saturated heterocycles. The van der Waals surface area contributed by atoms with Crippen LogP contribution in [0.3, 0.4) is 0 Å². The minimum Gasteiger partial charge on any atom is -0.492 e. The summed E-state index contributed by atoms with van der Waals surface area (Å²) in [7, 11) is 0. The number of nitrogens with one attached hydrogen (secondary N) is 2. The third kappa shape index (κ3) is 7.48. The molecule has 3 rings (SSSR count). The second-order valence-corrected chi connectivity index (χ2v) is 7.67. The summed E-state index contributed by atoms with van der Waals surface area (Å²) in [5, 5.41) is 0.928. The van der Waals surface area contributed by atoms with Crippen LogP contribution in [0.15, 0.2) is 72.8 Å². The Morgan fingerprint density at radius 3 is 2.31 bits per heavy atom. The van der Waals surface area contributed by atoms with E-state index in [4.69, 9.17) is 32.7 Å². The van der Waals surface area contributed by atoms with Gasteiger partial charge in [0.1, 0.15) is 18.1 Å². The first-order valence-corrected chi connectivity index (χ1v) is 10.7. The van der Waals surface area contributed by atoms with Gasteiger partial charge in [-0.25, -0.2) is 0 Å². The maximum Gasteiger partial charge on any atom is 0.269 e. The highest BCUT2D eigenvalue weighted by Crippen LogP contribution is 2.27. The number of carbonyl (C=O) groups is 2. The molecule has 2 amide bonds. The molecule has 3 aromatic carbocycles. The molecule has 0 unspecified atom stereocenters. The molecule has 0 aromatic heterocycles. The second kappa shape index (κ2) is 12.0. The number of amides is 2. The van der Waals surface area contributed by atoms with Gasteiger partial charge in [0.25, 0.3) is 5.91 Å². The van der Waals surface area contributed by atoms with Gasteiger partial charge in [0.15, 0.2) is 0 Å². The zero-order valence-electron chi connectivity index (χ0n) is 17.1. The van der Waals surface area contributed by atoms with Crippen molar-refractivity contribution in [2.24, 2.45) is 0 Å². The van der Waals surface area contributed by atoms with Crippen LogP contribution >= 0.6 is 23.2 Å². The van der Waals surface area contributed by atoms with E-state index in [1.807, 2.05) is 30.3 Å². The highest BCUT2D eigenvalue weighted by Gasteiger charge is 2.08. The number of carbonyl (C=O) groups excluding carboxylic acids is 2. The summed E-state index contributed by atoms with van der Waals surface area (Å²) in [6.07, 6.45) is 0.631. The van der Waals surface area contributed by atoms with Crippen LogP contribution in [0.2, 0.25) is 10.0 Å². The molecule has 0 spiro atoms. The van der Waals surface area contributed by atoms with Crippen LogP contribution in [-0.2, 0) is 11.4 Å². The van der Waals surface area contributed by atoms with E-state index in [2.05, 4.69) is 10.9 Å². The lowest BCUT2D eigenvalue weighted by Gasteiger charge is -2.10. The summed E-state index contributed by atoms with van der Waals surface area (Å²) in [6.45, 7) is 0.740. The molecular formula is C24H22Cl2N2O4. The maximum atomic E-state index is 12.2. The van der Waals surface area contributed by atoms with E-state index < -0.39 is 5.91 Å². The molecule has 0 saturated carbocycles. The van der Waals surface area contributed by atoms with Crippen LogP contribution in [0.4, 0.5) is 0 Å². The largest absolute Gasteiger partial charge is 0.492 e. The Labute approximate surface area is 196 Å². The van der Waals surface area contributed by atoms with Crippen molar-refractivity contribution in [1.29, 1.82) is 0 Å². The number of hydrogen-bond donors (Lipinski definition) is 2. The Hall–Kier alpha value is -3.22. The van der Waals surface area contributed by atoms with Gasteiger partial charge >= 0.3 is 0 Å². The molecule has 2 N–H and O–H groups in total. The van der Waals surface area contributed by atoms with Gasteiger partial charge in [0.2, 0.25) is 5.91 Å². The predicted octanol–water partition coefficient (Wildman–Crippen LogP) is 5.19. The molecular weight excluding hydrogens is 451 g/mol. The Balaban J connectivity index is 1.35. The average molecular weight is 473 g/mol. The van der Waals surface area contributed by atoms with Crippen molar-refractivity contribution in [3.05, 3.63) is 94.0 Å². The van der Waals surface area contributed by atoms with E-state index in [0.29, 0.717) is 46.7 Å². The molecule has 8 heteroatoms. The van der Waals surface area contributed by atoms with Crippen molar-refractivity contribution in [1.82, 2.24) is 10.9 Å². The lowest BCUT2D eigenvalue weighted by Crippen LogP contribution is -2.41. The Morgan fingerprint density at radius 1 is 0.844 bits per heavy atom. The van der Waals surface area contributed by atoms with E-state index in [9.17, 15) is 9.59 Å². The van der Waals surface area contributed by atoms with Gasteiger partial charge in [-0.2, -0.15) is 0 Å². The van der Waals surface area contributed by atoms with Crippen molar-refractivity contribution >= 4 is 35.0 Å². The summed E-state index contributed by atoms with van der Waals surface area (Å²) >= 11 is 11.9. The van der Waals surface area contributed by atoms with Gasteiger partial charge in [0, 0.05) is 17.0 Å². The highest BCUT2D eigenvalue weighted by molar-refractivity contribution is 6.35. The van der Waals surface area contributed by atoms with Crippen LogP contribution in [0, 0.1) is 0 Å². The molecule has 0 bridgehead atoms. The van der Waals surface area contributed by atoms with E-state index >= 15 is 0 Å². The molecule has 0 fully saturated rings. The number of rotatable bonds is 9. The first-order chi connectivity index (χ1) is 15.5. The SMILES string of the molecule is O=C(CCCOc1ccc(Cl)cc1Cl)NNC(=O)c1ccc(OCc2ccccc2)cc1. The normalized spacial score (nSPS) is 10.3. The monoisotopic (exact) mass is 472 g/mol. The molecule has 6 nitrogen and oxygen atoms in total. The van der Waals surface area contributed by atoms with E-state index in [0.717, 1.165) is 5.56 Å². The van der Waals surface area contributed by atoms with Crippen molar-refractivity contribution in [3.63, 3.8) is 0 Å². The summed E-state index contributed by atoms with van der Waals surface area (Å²) in [4.78, 5) is 24.1. The van der Waals surface area contributed by atoms with Gasteiger partial charge in [0.05, 0.1) is 11.6 Å². The number of halogens is 2. The molecule has 3 aromatic rings. The highest BCUT2D eigenvalue weighted by atomic mass is 35.5. The van der Waals surface area contributed by atoms with Crippen molar-refractivity contribution in [2.75, 3.05) is 6.61 Å². The summed E-state index contributed by atoms with van der Waals surface area (Å²) in [5.41, 5.74) is 6.24. The minimum absolute atomic E-state index is 0.178. The third-order valence-corrected chi connectivity index (χ3v) is 4.91. The first-order valence-electron chi connectivity index (χ1n) is 9.95. The fraction of sp³-hybridized carbons (Fsp3) is 0.167. The molecule has 0 heterocycles. The minimum atomic E-state index is -0.419. The van der Waals surface area contributed by atoms with Crippen LogP contribution in [0.25, 0.3) is 0 Å². The molecule has 32 heavy (non-hydrogen) atoms. The van der Waals surface area contributed by atoms with Crippen LogP contribution in [0.1, 0.15) is 28.8 Å². The molecule has 166 valence electrons. The van der Waals surface area contributed by atoms with E-state index in [1.165, 1.54) is 0 Å². The summed E-state index contributed by atoms with van der Waals surface area (Å²) in [5.74, 6) is 0.403. The van der Waals surface area contributed by atoms with Gasteiger partial charge in [-0.15, -0.1) is 0 Å². The Morgan fingerprint density at radius 2 is 1.59 bits per heavy atom. The van der Waals surface area contributed by atoms with Crippen LogP contribution in [0.5, 0.6) is 11.5 Å². The van der Waals surface area contributed by atoms with Crippen LogP contribution < -0.4 is 20.3 Å². The molecule has 0 radical (unpaired) electrons. The first kappa shape index (κ1) is 23.4. The smallest absolute Gasteiger partial charge is 0.269 e. The average Bonchev–Trinajstić information content (AvgIpc) is 2.81. The molecule has 0 aliphatic rings. The fourth-order valence-corrected chi connectivity index (χ4v) is 3.17.